The molecular weight excluding hydrogens is 292 g/mol. The van der Waals surface area contributed by atoms with E-state index in [1.165, 1.54) is 6.26 Å². The Labute approximate surface area is 133 Å². The van der Waals surface area contributed by atoms with Crippen molar-refractivity contribution in [1.82, 2.24) is 19.7 Å². The maximum Gasteiger partial charge on any atom is 0.289 e. The number of likely N-dealkylation sites (tertiary alicyclic amines) is 1. The lowest BCUT2D eigenvalue weighted by Crippen LogP contribution is -2.28. The quantitative estimate of drug-likeness (QED) is 0.746. The first kappa shape index (κ1) is 13.8. The molecule has 6 nitrogen and oxygen atoms in total. The van der Waals surface area contributed by atoms with Gasteiger partial charge in [0, 0.05) is 18.7 Å². The van der Waals surface area contributed by atoms with Crippen molar-refractivity contribution >= 4 is 5.91 Å². The van der Waals surface area contributed by atoms with Gasteiger partial charge >= 0.3 is 0 Å². The van der Waals surface area contributed by atoms with Crippen LogP contribution in [0.3, 0.4) is 0 Å². The molecule has 0 saturated carbocycles. The van der Waals surface area contributed by atoms with Crippen LogP contribution in [0.15, 0.2) is 59.5 Å². The number of hydrogen-bond acceptors (Lipinski definition) is 4. The van der Waals surface area contributed by atoms with Gasteiger partial charge in [-0.15, -0.1) is 10.2 Å². The van der Waals surface area contributed by atoms with Gasteiger partial charge in [0.05, 0.1) is 12.3 Å². The number of nitrogens with zero attached hydrogens (tertiary/aromatic N) is 4. The van der Waals surface area contributed by atoms with Crippen LogP contribution in [0.25, 0.3) is 11.4 Å². The van der Waals surface area contributed by atoms with Gasteiger partial charge in [0.2, 0.25) is 0 Å². The Morgan fingerprint density at radius 2 is 2.04 bits per heavy atom. The van der Waals surface area contributed by atoms with Crippen molar-refractivity contribution in [2.75, 3.05) is 13.1 Å². The molecule has 1 aliphatic heterocycles. The summed E-state index contributed by atoms with van der Waals surface area (Å²) in [6.07, 6.45) is 4.15. The predicted octanol–water partition coefficient (Wildman–Crippen LogP) is 2.63. The monoisotopic (exact) mass is 308 g/mol. The van der Waals surface area contributed by atoms with Gasteiger partial charge < -0.3 is 13.9 Å². The molecule has 1 atom stereocenters. The van der Waals surface area contributed by atoms with Crippen LogP contribution in [0, 0.1) is 0 Å². The van der Waals surface area contributed by atoms with E-state index in [4.69, 9.17) is 4.42 Å². The maximum atomic E-state index is 12.4. The van der Waals surface area contributed by atoms with E-state index in [1.54, 1.807) is 18.5 Å². The van der Waals surface area contributed by atoms with Crippen LogP contribution in [0.2, 0.25) is 0 Å². The zero-order valence-electron chi connectivity index (χ0n) is 12.5. The summed E-state index contributed by atoms with van der Waals surface area (Å²) < 4.78 is 7.26. The fourth-order valence-electron chi connectivity index (χ4n) is 3.01. The van der Waals surface area contributed by atoms with Crippen LogP contribution in [-0.2, 0) is 0 Å². The van der Waals surface area contributed by atoms with E-state index in [1.807, 2.05) is 35.2 Å². The molecule has 1 amide bonds. The molecular formula is C17H16N4O2. The number of hydrogen-bond donors (Lipinski definition) is 0. The van der Waals surface area contributed by atoms with Gasteiger partial charge in [-0.25, -0.2) is 0 Å². The summed E-state index contributed by atoms with van der Waals surface area (Å²) >= 11 is 0. The number of rotatable bonds is 3. The molecule has 0 radical (unpaired) electrons. The van der Waals surface area contributed by atoms with E-state index in [0.717, 1.165) is 17.8 Å². The smallest absolute Gasteiger partial charge is 0.289 e. The summed E-state index contributed by atoms with van der Waals surface area (Å²) in [7, 11) is 0. The van der Waals surface area contributed by atoms with Crippen LogP contribution in [0.5, 0.6) is 0 Å². The maximum absolute atomic E-state index is 12.4. The highest BCUT2D eigenvalue weighted by molar-refractivity contribution is 5.91. The molecule has 6 heteroatoms. The summed E-state index contributed by atoms with van der Waals surface area (Å²) in [5.74, 6) is 1.16. The van der Waals surface area contributed by atoms with Gasteiger partial charge in [-0.3, -0.25) is 4.79 Å². The van der Waals surface area contributed by atoms with Crippen molar-refractivity contribution in [2.24, 2.45) is 0 Å². The molecule has 3 heterocycles. The molecule has 1 saturated heterocycles. The molecule has 0 unspecified atom stereocenters. The van der Waals surface area contributed by atoms with Crippen molar-refractivity contribution < 1.29 is 9.21 Å². The molecule has 2 aromatic heterocycles. The Kier molecular flexibility index (Phi) is 3.42. The highest BCUT2D eigenvalue weighted by Crippen LogP contribution is 2.27. The Morgan fingerprint density at radius 1 is 1.17 bits per heavy atom. The van der Waals surface area contributed by atoms with E-state index >= 15 is 0 Å². The summed E-state index contributed by atoms with van der Waals surface area (Å²) in [6, 6.07) is 13.6. The standard InChI is InChI=1S/C17H16N4O2/c22-17(15-7-4-10-23-15)20-9-8-14(11-20)21-12-18-19-16(21)13-5-2-1-3-6-13/h1-7,10,12,14H,8-9,11H2/t14-/m1/s1. The Hall–Kier alpha value is -2.89. The molecule has 23 heavy (non-hydrogen) atoms. The Bertz CT molecular complexity index is 795. The van der Waals surface area contributed by atoms with E-state index in [9.17, 15) is 4.79 Å². The number of furan rings is 1. The molecule has 0 aliphatic carbocycles. The summed E-state index contributed by atoms with van der Waals surface area (Å²) in [5.41, 5.74) is 1.03. The van der Waals surface area contributed by atoms with Gasteiger partial charge in [-0.1, -0.05) is 30.3 Å². The normalized spacial score (nSPS) is 17.6. The van der Waals surface area contributed by atoms with Crippen molar-refractivity contribution in [3.8, 4) is 11.4 Å². The number of carbonyl (C=O) groups excluding carboxylic acids is 1. The third kappa shape index (κ3) is 2.52. The summed E-state index contributed by atoms with van der Waals surface area (Å²) in [4.78, 5) is 14.2. The van der Waals surface area contributed by atoms with Gasteiger partial charge in [0.1, 0.15) is 6.33 Å². The topological polar surface area (TPSA) is 64.2 Å². The largest absolute Gasteiger partial charge is 0.459 e. The number of benzene rings is 1. The Balaban J connectivity index is 1.55. The molecule has 0 bridgehead atoms. The van der Waals surface area contributed by atoms with Crippen molar-refractivity contribution in [3.63, 3.8) is 0 Å². The molecule has 1 fully saturated rings. The van der Waals surface area contributed by atoms with Gasteiger partial charge in [0.25, 0.3) is 5.91 Å². The number of amides is 1. The van der Waals surface area contributed by atoms with Gasteiger partial charge in [-0.2, -0.15) is 0 Å². The lowest BCUT2D eigenvalue weighted by molar-refractivity contribution is 0.0756. The van der Waals surface area contributed by atoms with Crippen LogP contribution in [0.1, 0.15) is 23.0 Å². The van der Waals surface area contributed by atoms with Crippen molar-refractivity contribution in [1.29, 1.82) is 0 Å². The average Bonchev–Trinajstić information content (AvgIpc) is 3.35. The second kappa shape index (κ2) is 5.72. The summed E-state index contributed by atoms with van der Waals surface area (Å²) in [5, 5.41) is 8.30. The lowest BCUT2D eigenvalue weighted by Gasteiger charge is -2.16. The molecule has 4 rings (SSSR count). The second-order valence-electron chi connectivity index (χ2n) is 5.60. The molecule has 3 aromatic rings. The molecule has 1 aromatic carbocycles. The van der Waals surface area contributed by atoms with E-state index < -0.39 is 0 Å². The summed E-state index contributed by atoms with van der Waals surface area (Å²) in [6.45, 7) is 1.34. The fraction of sp³-hybridized carbons (Fsp3) is 0.235. The van der Waals surface area contributed by atoms with Crippen LogP contribution in [-0.4, -0.2) is 38.7 Å². The van der Waals surface area contributed by atoms with Crippen LogP contribution < -0.4 is 0 Å². The highest BCUT2D eigenvalue weighted by atomic mass is 16.3. The van der Waals surface area contributed by atoms with Crippen molar-refractivity contribution in [2.45, 2.75) is 12.5 Å². The zero-order valence-corrected chi connectivity index (χ0v) is 12.5. The first-order valence-electron chi connectivity index (χ1n) is 7.60. The SMILES string of the molecule is O=C(c1ccco1)N1CC[C@@H](n2cnnc2-c2ccccc2)C1. The molecule has 1 aliphatic rings. The minimum Gasteiger partial charge on any atom is -0.459 e. The minimum absolute atomic E-state index is 0.0631. The number of carbonyl (C=O) groups is 1. The minimum atomic E-state index is -0.0631. The van der Waals surface area contributed by atoms with Gasteiger partial charge in [-0.05, 0) is 18.6 Å². The first-order valence-corrected chi connectivity index (χ1v) is 7.60. The Morgan fingerprint density at radius 3 is 2.83 bits per heavy atom. The first-order chi connectivity index (χ1) is 11.3. The second-order valence-corrected chi connectivity index (χ2v) is 5.60. The highest BCUT2D eigenvalue weighted by Gasteiger charge is 2.30. The predicted molar refractivity (Wildman–Crippen MR) is 83.7 cm³/mol. The van der Waals surface area contributed by atoms with Crippen molar-refractivity contribution in [3.05, 3.63) is 60.8 Å². The van der Waals surface area contributed by atoms with Crippen LogP contribution in [0.4, 0.5) is 0 Å². The average molecular weight is 308 g/mol. The van der Waals surface area contributed by atoms with Gasteiger partial charge in [0.15, 0.2) is 11.6 Å². The molecule has 0 spiro atoms. The third-order valence-electron chi connectivity index (χ3n) is 4.18. The number of aromatic nitrogens is 3. The molecule has 0 N–H and O–H groups in total. The van der Waals surface area contributed by atoms with E-state index in [2.05, 4.69) is 14.8 Å². The van der Waals surface area contributed by atoms with E-state index in [0.29, 0.717) is 18.8 Å². The van der Waals surface area contributed by atoms with E-state index in [-0.39, 0.29) is 11.9 Å². The lowest BCUT2D eigenvalue weighted by atomic mass is 10.2. The third-order valence-corrected chi connectivity index (χ3v) is 4.18. The fourth-order valence-corrected chi connectivity index (χ4v) is 3.01. The zero-order chi connectivity index (χ0) is 15.6. The van der Waals surface area contributed by atoms with Crippen LogP contribution >= 0.6 is 0 Å². The molecule has 116 valence electrons.